The Morgan fingerprint density at radius 1 is 0.889 bits per heavy atom. The molecule has 4 heteroatoms. The van der Waals surface area contributed by atoms with Crippen LogP contribution in [0.5, 0.6) is 11.5 Å². The van der Waals surface area contributed by atoms with Gasteiger partial charge in [-0.15, -0.1) is 0 Å². The molecule has 0 unspecified atom stereocenters. The maximum absolute atomic E-state index is 13.3. The molecule has 0 saturated heterocycles. The van der Waals surface area contributed by atoms with Crippen LogP contribution in [0.25, 0.3) is 0 Å². The summed E-state index contributed by atoms with van der Waals surface area (Å²) in [5.41, 5.74) is -0.396. The predicted octanol–water partition coefficient (Wildman–Crippen LogP) is 3.36. The highest BCUT2D eigenvalue weighted by Gasteiger charge is 2.14. The fraction of sp³-hybridized carbons (Fsp3) is 0. The van der Waals surface area contributed by atoms with Gasteiger partial charge in [-0.3, -0.25) is 0 Å². The Balaban J connectivity index is 2.48. The maximum atomic E-state index is 13.3. The van der Waals surface area contributed by atoms with E-state index in [9.17, 15) is 4.39 Å². The summed E-state index contributed by atoms with van der Waals surface area (Å²) in [7, 11) is 0. The number of halogens is 1. The fourth-order valence-corrected chi connectivity index (χ4v) is 1.48. The molecule has 0 bridgehead atoms. The number of nitrogens with zero attached hydrogens (tertiary/aromatic N) is 2. The van der Waals surface area contributed by atoms with Gasteiger partial charge in [-0.2, -0.15) is 10.5 Å². The molecule has 0 amide bonds. The molecule has 0 aliphatic heterocycles. The van der Waals surface area contributed by atoms with E-state index in [2.05, 4.69) is 0 Å². The van der Waals surface area contributed by atoms with Crippen molar-refractivity contribution in [1.82, 2.24) is 0 Å². The van der Waals surface area contributed by atoms with E-state index in [0.717, 1.165) is 6.07 Å². The molecule has 18 heavy (non-hydrogen) atoms. The molecular weight excluding hydrogens is 231 g/mol. The van der Waals surface area contributed by atoms with Gasteiger partial charge in [-0.1, -0.05) is 18.2 Å². The summed E-state index contributed by atoms with van der Waals surface area (Å²) >= 11 is 0. The topological polar surface area (TPSA) is 56.8 Å². The third kappa shape index (κ3) is 2.14. The van der Waals surface area contributed by atoms with Crippen LogP contribution in [0.1, 0.15) is 11.1 Å². The summed E-state index contributed by atoms with van der Waals surface area (Å²) in [4.78, 5) is 0. The van der Waals surface area contributed by atoms with Crippen molar-refractivity contribution >= 4 is 0 Å². The Morgan fingerprint density at radius 2 is 1.56 bits per heavy atom. The number of ether oxygens (including phenoxy) is 1. The third-order valence-electron chi connectivity index (χ3n) is 2.31. The lowest BCUT2D eigenvalue weighted by molar-refractivity contribution is 0.478. The van der Waals surface area contributed by atoms with E-state index in [1.54, 1.807) is 36.4 Å². The van der Waals surface area contributed by atoms with E-state index in [0.29, 0.717) is 5.75 Å². The van der Waals surface area contributed by atoms with E-state index >= 15 is 0 Å². The Labute approximate surface area is 103 Å². The smallest absolute Gasteiger partial charge is 0.146 e. The van der Waals surface area contributed by atoms with Crippen LogP contribution in [-0.4, -0.2) is 0 Å². The largest absolute Gasteiger partial charge is 0.456 e. The molecule has 0 aliphatic carbocycles. The molecule has 0 aliphatic rings. The van der Waals surface area contributed by atoms with Crippen LogP contribution in [0.4, 0.5) is 4.39 Å². The van der Waals surface area contributed by atoms with Crippen molar-refractivity contribution in [1.29, 1.82) is 10.5 Å². The molecule has 0 radical (unpaired) electrons. The van der Waals surface area contributed by atoms with Gasteiger partial charge in [0.25, 0.3) is 0 Å². The number of rotatable bonds is 2. The average molecular weight is 238 g/mol. The van der Waals surface area contributed by atoms with E-state index < -0.39 is 5.82 Å². The van der Waals surface area contributed by atoms with Gasteiger partial charge in [-0.25, -0.2) is 4.39 Å². The molecular formula is C14H7FN2O. The Morgan fingerprint density at radius 3 is 2.17 bits per heavy atom. The molecule has 86 valence electrons. The standard InChI is InChI=1S/C14H7FN2O/c15-13-6-7-14(12(9-17)11(13)8-16)18-10-4-2-1-3-5-10/h1-7H. The lowest BCUT2D eigenvalue weighted by atomic mass is 10.1. The molecule has 0 saturated carbocycles. The van der Waals surface area contributed by atoms with Crippen molar-refractivity contribution in [2.24, 2.45) is 0 Å². The van der Waals surface area contributed by atoms with E-state index in [4.69, 9.17) is 15.3 Å². The summed E-state index contributed by atoms with van der Waals surface area (Å²) in [6.07, 6.45) is 0. The number of para-hydroxylation sites is 1. The van der Waals surface area contributed by atoms with E-state index in [1.807, 2.05) is 6.07 Å². The predicted molar refractivity (Wildman–Crippen MR) is 62.3 cm³/mol. The molecule has 0 N–H and O–H groups in total. The summed E-state index contributed by atoms with van der Waals surface area (Å²) in [6.45, 7) is 0. The zero-order valence-electron chi connectivity index (χ0n) is 9.22. The number of nitriles is 2. The summed E-state index contributed by atoms with van der Waals surface area (Å²) in [5.74, 6) is -0.0411. The normalized spacial score (nSPS) is 9.28. The number of hydrogen-bond donors (Lipinski definition) is 0. The molecule has 0 atom stereocenters. The van der Waals surface area contributed by atoms with Gasteiger partial charge in [0.1, 0.15) is 40.6 Å². The summed E-state index contributed by atoms with van der Waals surface area (Å²) < 4.78 is 18.8. The Bertz CT molecular complexity index is 654. The number of benzene rings is 2. The van der Waals surface area contributed by atoms with Crippen LogP contribution >= 0.6 is 0 Å². The zero-order valence-corrected chi connectivity index (χ0v) is 9.22. The summed E-state index contributed by atoms with van der Waals surface area (Å²) in [6, 6.07) is 14.7. The Kier molecular flexibility index (Phi) is 3.22. The van der Waals surface area contributed by atoms with Gasteiger partial charge >= 0.3 is 0 Å². The first-order chi connectivity index (χ1) is 8.76. The molecule has 0 aromatic heterocycles. The zero-order chi connectivity index (χ0) is 13.0. The minimum absolute atomic E-state index is 0.0960. The van der Waals surface area contributed by atoms with Gasteiger partial charge in [-0.05, 0) is 24.3 Å². The monoisotopic (exact) mass is 238 g/mol. The molecule has 3 nitrogen and oxygen atoms in total. The average Bonchev–Trinajstić information content (AvgIpc) is 2.41. The third-order valence-corrected chi connectivity index (χ3v) is 2.31. The number of hydrogen-bond acceptors (Lipinski definition) is 3. The second kappa shape index (κ2) is 4.99. The van der Waals surface area contributed by atoms with Gasteiger partial charge in [0.15, 0.2) is 0 Å². The SMILES string of the molecule is N#Cc1c(F)ccc(Oc2ccccc2)c1C#N. The Hall–Kier alpha value is -2.85. The van der Waals surface area contributed by atoms with Gasteiger partial charge < -0.3 is 4.74 Å². The van der Waals surface area contributed by atoms with Crippen LogP contribution < -0.4 is 4.74 Å². The lowest BCUT2D eigenvalue weighted by Crippen LogP contribution is -1.94. The van der Waals surface area contributed by atoms with Crippen molar-refractivity contribution in [2.45, 2.75) is 0 Å². The quantitative estimate of drug-likeness (QED) is 0.805. The van der Waals surface area contributed by atoms with Crippen LogP contribution in [-0.2, 0) is 0 Å². The van der Waals surface area contributed by atoms with Crippen molar-refractivity contribution in [3.05, 3.63) is 59.4 Å². The first-order valence-corrected chi connectivity index (χ1v) is 5.12. The second-order valence-electron chi connectivity index (χ2n) is 3.43. The van der Waals surface area contributed by atoms with Crippen molar-refractivity contribution in [3.63, 3.8) is 0 Å². The summed E-state index contributed by atoms with van der Waals surface area (Å²) in [5, 5.41) is 17.8. The second-order valence-corrected chi connectivity index (χ2v) is 3.43. The first kappa shape index (κ1) is 11.6. The van der Waals surface area contributed by atoms with Crippen LogP contribution in [0.3, 0.4) is 0 Å². The molecule has 2 rings (SSSR count). The molecule has 2 aromatic rings. The van der Waals surface area contributed by atoms with Crippen molar-refractivity contribution in [2.75, 3.05) is 0 Å². The van der Waals surface area contributed by atoms with Crippen LogP contribution in [0.15, 0.2) is 42.5 Å². The molecule has 0 spiro atoms. The van der Waals surface area contributed by atoms with Crippen LogP contribution in [0, 0.1) is 28.5 Å². The van der Waals surface area contributed by atoms with Crippen molar-refractivity contribution in [3.8, 4) is 23.6 Å². The van der Waals surface area contributed by atoms with Gasteiger partial charge in [0.05, 0.1) is 0 Å². The molecule has 0 heterocycles. The van der Waals surface area contributed by atoms with E-state index in [1.165, 1.54) is 6.07 Å². The minimum Gasteiger partial charge on any atom is -0.456 e. The lowest BCUT2D eigenvalue weighted by Gasteiger charge is -2.08. The highest BCUT2D eigenvalue weighted by molar-refractivity contribution is 5.55. The fourth-order valence-electron chi connectivity index (χ4n) is 1.48. The van der Waals surface area contributed by atoms with Crippen molar-refractivity contribution < 1.29 is 9.13 Å². The maximum Gasteiger partial charge on any atom is 0.146 e. The van der Waals surface area contributed by atoms with E-state index in [-0.39, 0.29) is 16.9 Å². The van der Waals surface area contributed by atoms with Gasteiger partial charge in [0.2, 0.25) is 0 Å². The molecule has 0 fully saturated rings. The molecule has 2 aromatic carbocycles. The highest BCUT2D eigenvalue weighted by Crippen LogP contribution is 2.28. The van der Waals surface area contributed by atoms with Crippen LogP contribution in [0.2, 0.25) is 0 Å². The minimum atomic E-state index is -0.727. The van der Waals surface area contributed by atoms with Gasteiger partial charge in [0, 0.05) is 0 Å². The highest BCUT2D eigenvalue weighted by atomic mass is 19.1. The first-order valence-electron chi connectivity index (χ1n) is 5.12.